The number of sulfone groups is 1. The molecule has 3 rings (SSSR count). The fraction of sp³-hybridized carbons (Fsp3) is 0.467. The van der Waals surface area contributed by atoms with E-state index in [1.165, 1.54) is 0 Å². The van der Waals surface area contributed by atoms with Crippen molar-refractivity contribution in [1.29, 1.82) is 0 Å². The van der Waals surface area contributed by atoms with Crippen LogP contribution in [0.25, 0.3) is 11.0 Å². The monoisotopic (exact) mass is 321 g/mol. The van der Waals surface area contributed by atoms with Crippen molar-refractivity contribution in [3.8, 4) is 0 Å². The number of para-hydroxylation sites is 2. The lowest BCUT2D eigenvalue weighted by atomic mass is 10.1. The summed E-state index contributed by atoms with van der Waals surface area (Å²) < 4.78 is 22.7. The molecule has 2 N–H and O–H groups in total. The third-order valence-electron chi connectivity index (χ3n) is 3.94. The number of aryl methyl sites for hydroxylation is 1. The lowest BCUT2D eigenvalue weighted by Gasteiger charge is -2.09. The quantitative estimate of drug-likeness (QED) is 0.861. The lowest BCUT2D eigenvalue weighted by Crippen LogP contribution is -2.30. The molecule has 2 aromatic rings. The normalized spacial score (nSPS) is 20.3. The highest BCUT2D eigenvalue weighted by molar-refractivity contribution is 7.91. The summed E-state index contributed by atoms with van der Waals surface area (Å²) >= 11 is 0. The molecule has 0 spiro atoms. The average molecular weight is 321 g/mol. The molecule has 1 aliphatic rings. The van der Waals surface area contributed by atoms with Crippen LogP contribution in [0.1, 0.15) is 18.7 Å². The van der Waals surface area contributed by atoms with Crippen molar-refractivity contribution >= 4 is 26.8 Å². The van der Waals surface area contributed by atoms with Crippen molar-refractivity contribution < 1.29 is 13.2 Å². The first-order valence-electron chi connectivity index (χ1n) is 7.42. The van der Waals surface area contributed by atoms with Crippen molar-refractivity contribution in [2.75, 3.05) is 18.1 Å². The number of rotatable bonds is 5. The summed E-state index contributed by atoms with van der Waals surface area (Å²) in [7, 11) is -2.88. The van der Waals surface area contributed by atoms with Gasteiger partial charge in [-0.3, -0.25) is 4.79 Å². The van der Waals surface area contributed by atoms with Gasteiger partial charge in [0.2, 0.25) is 5.91 Å². The van der Waals surface area contributed by atoms with E-state index < -0.39 is 9.84 Å². The number of imidazole rings is 1. The minimum Gasteiger partial charge on any atom is -0.356 e. The van der Waals surface area contributed by atoms with Crippen LogP contribution in [0, 0.1) is 5.92 Å². The van der Waals surface area contributed by atoms with E-state index in [4.69, 9.17) is 0 Å². The van der Waals surface area contributed by atoms with Gasteiger partial charge < -0.3 is 10.3 Å². The van der Waals surface area contributed by atoms with Crippen molar-refractivity contribution in [1.82, 2.24) is 15.3 Å². The van der Waals surface area contributed by atoms with Crippen molar-refractivity contribution in [2.24, 2.45) is 5.92 Å². The molecule has 1 aromatic heterocycles. The number of carbonyl (C=O) groups is 1. The second-order valence-electron chi connectivity index (χ2n) is 5.77. The van der Waals surface area contributed by atoms with Crippen molar-refractivity contribution in [3.63, 3.8) is 0 Å². The van der Waals surface area contributed by atoms with E-state index in [1.54, 1.807) is 0 Å². The first-order chi connectivity index (χ1) is 10.5. The zero-order valence-electron chi connectivity index (χ0n) is 12.2. The van der Waals surface area contributed by atoms with Gasteiger partial charge in [-0.25, -0.2) is 13.4 Å². The Morgan fingerprint density at radius 2 is 2.18 bits per heavy atom. The fourth-order valence-corrected chi connectivity index (χ4v) is 4.60. The number of hydrogen-bond acceptors (Lipinski definition) is 4. The molecule has 0 saturated carbocycles. The molecule has 2 heterocycles. The number of aromatic nitrogens is 2. The summed E-state index contributed by atoms with van der Waals surface area (Å²) in [5.74, 6) is 1.22. The van der Waals surface area contributed by atoms with E-state index in [-0.39, 0.29) is 23.3 Å². The number of benzene rings is 1. The van der Waals surface area contributed by atoms with Crippen molar-refractivity contribution in [3.05, 3.63) is 30.1 Å². The van der Waals surface area contributed by atoms with Crippen LogP contribution in [-0.4, -0.2) is 42.3 Å². The van der Waals surface area contributed by atoms with Gasteiger partial charge in [-0.05, 0) is 24.5 Å². The zero-order chi connectivity index (χ0) is 15.6. The van der Waals surface area contributed by atoms with Crippen LogP contribution >= 0.6 is 0 Å². The average Bonchev–Trinajstić information content (AvgIpc) is 3.05. The van der Waals surface area contributed by atoms with E-state index in [2.05, 4.69) is 15.3 Å². The molecular weight excluding hydrogens is 302 g/mol. The molecule has 0 aliphatic carbocycles. The predicted octanol–water partition coefficient (Wildman–Crippen LogP) is 1.05. The highest BCUT2D eigenvalue weighted by Crippen LogP contribution is 2.17. The number of nitrogens with one attached hydrogen (secondary N) is 2. The summed E-state index contributed by atoms with van der Waals surface area (Å²) in [4.78, 5) is 19.5. The molecule has 1 aliphatic heterocycles. The molecule has 0 unspecified atom stereocenters. The van der Waals surface area contributed by atoms with Crippen LogP contribution in [-0.2, 0) is 21.1 Å². The molecule has 0 radical (unpaired) electrons. The number of carbonyl (C=O) groups excluding carboxylic acids is 1. The molecule has 1 fully saturated rings. The summed E-state index contributed by atoms with van der Waals surface area (Å²) in [5, 5.41) is 2.82. The number of H-pyrrole nitrogens is 1. The third-order valence-corrected chi connectivity index (χ3v) is 5.78. The number of hydrogen-bond donors (Lipinski definition) is 2. The molecule has 22 heavy (non-hydrogen) atoms. The van der Waals surface area contributed by atoms with Crippen LogP contribution in [0.5, 0.6) is 0 Å². The second kappa shape index (κ2) is 6.08. The van der Waals surface area contributed by atoms with Crippen LogP contribution < -0.4 is 5.32 Å². The predicted molar refractivity (Wildman–Crippen MR) is 84.2 cm³/mol. The smallest absolute Gasteiger partial charge is 0.220 e. The Balaban J connectivity index is 1.46. The lowest BCUT2D eigenvalue weighted by molar-refractivity contribution is -0.121. The Labute approximate surface area is 129 Å². The van der Waals surface area contributed by atoms with Gasteiger partial charge in [0.25, 0.3) is 0 Å². The Hall–Kier alpha value is -1.89. The summed E-state index contributed by atoms with van der Waals surface area (Å²) in [5.41, 5.74) is 1.86. The van der Waals surface area contributed by atoms with Gasteiger partial charge >= 0.3 is 0 Å². The standard InChI is InChI=1S/C15H19N3O3S/c19-15(16-9-11-7-8-22(20,21)10-11)6-5-14-17-12-3-1-2-4-13(12)18-14/h1-4,11H,5-10H2,(H,16,19)(H,17,18)/t11-/m1/s1. The molecule has 1 saturated heterocycles. The van der Waals surface area contributed by atoms with Gasteiger partial charge in [0, 0.05) is 19.4 Å². The van der Waals surface area contributed by atoms with E-state index in [0.717, 1.165) is 16.9 Å². The topological polar surface area (TPSA) is 91.9 Å². The zero-order valence-corrected chi connectivity index (χ0v) is 13.0. The van der Waals surface area contributed by atoms with Crippen LogP contribution in [0.2, 0.25) is 0 Å². The number of nitrogens with zero attached hydrogens (tertiary/aromatic N) is 1. The molecule has 0 bridgehead atoms. The highest BCUT2D eigenvalue weighted by Gasteiger charge is 2.27. The molecular formula is C15H19N3O3S. The molecule has 1 aromatic carbocycles. The Bertz CT molecular complexity index is 749. The Kier molecular flexibility index (Phi) is 4.15. The van der Waals surface area contributed by atoms with E-state index in [9.17, 15) is 13.2 Å². The molecule has 6 nitrogen and oxygen atoms in total. The SMILES string of the molecule is O=C(CCc1nc2ccccc2[nH]1)NC[C@H]1CCS(=O)(=O)C1. The molecule has 1 amide bonds. The minimum absolute atomic E-state index is 0.0557. The van der Waals surface area contributed by atoms with Gasteiger partial charge in [0.05, 0.1) is 22.5 Å². The van der Waals surface area contributed by atoms with Gasteiger partial charge in [-0.2, -0.15) is 0 Å². The van der Waals surface area contributed by atoms with Crippen LogP contribution in [0.15, 0.2) is 24.3 Å². The van der Waals surface area contributed by atoms with Crippen molar-refractivity contribution in [2.45, 2.75) is 19.3 Å². The van der Waals surface area contributed by atoms with Crippen LogP contribution in [0.4, 0.5) is 0 Å². The first-order valence-corrected chi connectivity index (χ1v) is 9.25. The Morgan fingerprint density at radius 3 is 2.91 bits per heavy atom. The maximum Gasteiger partial charge on any atom is 0.220 e. The highest BCUT2D eigenvalue weighted by atomic mass is 32.2. The summed E-state index contributed by atoms with van der Waals surface area (Å²) in [6, 6.07) is 7.74. The van der Waals surface area contributed by atoms with E-state index in [0.29, 0.717) is 25.8 Å². The molecule has 118 valence electrons. The van der Waals surface area contributed by atoms with Gasteiger partial charge in [0.15, 0.2) is 9.84 Å². The number of fused-ring (bicyclic) bond motifs is 1. The maximum absolute atomic E-state index is 11.8. The van der Waals surface area contributed by atoms with Gasteiger partial charge in [0.1, 0.15) is 5.82 Å². The largest absolute Gasteiger partial charge is 0.356 e. The third kappa shape index (κ3) is 3.65. The first kappa shape index (κ1) is 15.0. The summed E-state index contributed by atoms with van der Waals surface area (Å²) in [6.07, 6.45) is 1.54. The van der Waals surface area contributed by atoms with E-state index in [1.807, 2.05) is 24.3 Å². The summed E-state index contributed by atoms with van der Waals surface area (Å²) in [6.45, 7) is 0.443. The fourth-order valence-electron chi connectivity index (χ4n) is 2.74. The molecule has 1 atom stereocenters. The van der Waals surface area contributed by atoms with Gasteiger partial charge in [-0.15, -0.1) is 0 Å². The molecule has 7 heteroatoms. The number of amides is 1. The number of aromatic amines is 1. The second-order valence-corrected chi connectivity index (χ2v) is 8.00. The minimum atomic E-state index is -2.88. The van der Waals surface area contributed by atoms with E-state index >= 15 is 0 Å². The Morgan fingerprint density at radius 1 is 1.36 bits per heavy atom. The van der Waals surface area contributed by atoms with Gasteiger partial charge in [-0.1, -0.05) is 12.1 Å². The van der Waals surface area contributed by atoms with Crippen LogP contribution in [0.3, 0.4) is 0 Å². The maximum atomic E-state index is 11.8.